The number of sulfonamides is 1. The number of nitrogens with two attached hydrogens (primary N) is 1. The van der Waals surface area contributed by atoms with Gasteiger partial charge in [0.1, 0.15) is 5.82 Å². The Morgan fingerprint density at radius 1 is 1.40 bits per heavy atom. The molecule has 1 heterocycles. The second kappa shape index (κ2) is 5.32. The van der Waals surface area contributed by atoms with E-state index in [-0.39, 0.29) is 11.4 Å². The molecule has 0 aliphatic rings. The van der Waals surface area contributed by atoms with Crippen LogP contribution in [0.15, 0.2) is 35.4 Å². The molecule has 1 aromatic heterocycles. The van der Waals surface area contributed by atoms with Crippen LogP contribution in [0, 0.1) is 11.3 Å². The van der Waals surface area contributed by atoms with E-state index in [4.69, 9.17) is 11.0 Å². The predicted octanol–water partition coefficient (Wildman–Crippen LogP) is 0.352. The van der Waals surface area contributed by atoms with Crippen LogP contribution >= 0.6 is 0 Å². The molecule has 2 aromatic rings. The van der Waals surface area contributed by atoms with Gasteiger partial charge in [0.15, 0.2) is 0 Å². The number of nitrogen functional groups attached to an aromatic ring is 1. The van der Waals surface area contributed by atoms with E-state index in [1.165, 1.54) is 35.1 Å². The summed E-state index contributed by atoms with van der Waals surface area (Å²) in [5.41, 5.74) is 6.74. The van der Waals surface area contributed by atoms with Crippen molar-refractivity contribution in [2.45, 2.75) is 11.4 Å². The Kier molecular flexibility index (Phi) is 3.74. The van der Waals surface area contributed by atoms with Crippen LogP contribution in [-0.2, 0) is 23.6 Å². The van der Waals surface area contributed by atoms with Gasteiger partial charge in [-0.05, 0) is 24.3 Å². The topological polar surface area (TPSA) is 114 Å². The Morgan fingerprint density at radius 2 is 2.05 bits per heavy atom. The van der Waals surface area contributed by atoms with Crippen molar-refractivity contribution in [3.05, 3.63) is 41.6 Å². The number of aromatic nitrogens is 2. The van der Waals surface area contributed by atoms with Crippen molar-refractivity contribution in [1.82, 2.24) is 14.5 Å². The number of aryl methyl sites for hydroxylation is 1. The second-order valence-corrected chi connectivity index (χ2v) is 5.91. The van der Waals surface area contributed by atoms with E-state index in [1.54, 1.807) is 7.05 Å². The zero-order valence-corrected chi connectivity index (χ0v) is 11.6. The van der Waals surface area contributed by atoms with Crippen LogP contribution < -0.4 is 10.5 Å². The number of nitriles is 1. The van der Waals surface area contributed by atoms with Gasteiger partial charge in [-0.15, -0.1) is 0 Å². The largest absolute Gasteiger partial charge is 0.384 e. The van der Waals surface area contributed by atoms with Crippen molar-refractivity contribution in [3.63, 3.8) is 0 Å². The molecule has 1 aromatic carbocycles. The molecule has 0 fully saturated rings. The first-order chi connectivity index (χ1) is 9.44. The van der Waals surface area contributed by atoms with Gasteiger partial charge >= 0.3 is 0 Å². The van der Waals surface area contributed by atoms with Crippen molar-refractivity contribution in [3.8, 4) is 6.07 Å². The highest BCUT2D eigenvalue weighted by atomic mass is 32.2. The van der Waals surface area contributed by atoms with E-state index in [0.29, 0.717) is 16.9 Å². The lowest BCUT2D eigenvalue weighted by atomic mass is 10.2. The van der Waals surface area contributed by atoms with Gasteiger partial charge in [-0.3, -0.25) is 4.68 Å². The fourth-order valence-electron chi connectivity index (χ4n) is 1.59. The normalized spacial score (nSPS) is 11.2. The maximum Gasteiger partial charge on any atom is 0.240 e. The number of anilines is 1. The standard InChI is InChI=1S/C12H13N5O2S/c1-17-12(14)10(7-15-17)8-16-20(18,19)11-4-2-9(6-13)3-5-11/h2-5,7,16H,8,14H2,1H3. The lowest BCUT2D eigenvalue weighted by molar-refractivity contribution is 0.581. The third kappa shape index (κ3) is 2.79. The van der Waals surface area contributed by atoms with Crippen molar-refractivity contribution in [2.24, 2.45) is 7.05 Å². The van der Waals surface area contributed by atoms with Gasteiger partial charge < -0.3 is 5.73 Å². The van der Waals surface area contributed by atoms with Gasteiger partial charge in [0.2, 0.25) is 10.0 Å². The smallest absolute Gasteiger partial charge is 0.240 e. The third-order valence-corrected chi connectivity index (χ3v) is 4.23. The molecule has 0 unspecified atom stereocenters. The van der Waals surface area contributed by atoms with Crippen LogP contribution in [0.1, 0.15) is 11.1 Å². The molecule has 0 saturated carbocycles. The van der Waals surface area contributed by atoms with Crippen LogP contribution in [0.5, 0.6) is 0 Å². The van der Waals surface area contributed by atoms with Crippen molar-refractivity contribution >= 4 is 15.8 Å². The van der Waals surface area contributed by atoms with E-state index < -0.39 is 10.0 Å². The fourth-order valence-corrected chi connectivity index (χ4v) is 2.60. The van der Waals surface area contributed by atoms with Gasteiger partial charge in [-0.2, -0.15) is 10.4 Å². The molecule has 0 saturated heterocycles. The third-order valence-electron chi connectivity index (χ3n) is 2.81. The summed E-state index contributed by atoms with van der Waals surface area (Å²) in [6.45, 7) is 0.0575. The molecule has 0 spiro atoms. The number of nitrogens with zero attached hydrogens (tertiary/aromatic N) is 3. The maximum absolute atomic E-state index is 12.1. The summed E-state index contributed by atoms with van der Waals surface area (Å²) in [7, 11) is -1.97. The molecule has 0 radical (unpaired) electrons. The van der Waals surface area contributed by atoms with E-state index in [1.807, 2.05) is 6.07 Å². The Morgan fingerprint density at radius 3 is 2.55 bits per heavy atom. The Hall–Kier alpha value is -2.37. The SMILES string of the molecule is Cn1ncc(CNS(=O)(=O)c2ccc(C#N)cc2)c1N. The van der Waals surface area contributed by atoms with E-state index in [9.17, 15) is 8.42 Å². The van der Waals surface area contributed by atoms with Crippen molar-refractivity contribution in [1.29, 1.82) is 5.26 Å². The summed E-state index contributed by atoms with van der Waals surface area (Å²) < 4.78 is 28.0. The van der Waals surface area contributed by atoms with Crippen molar-refractivity contribution < 1.29 is 8.42 Å². The number of nitrogens with one attached hydrogen (secondary N) is 1. The maximum atomic E-state index is 12.1. The predicted molar refractivity (Wildman–Crippen MR) is 72.8 cm³/mol. The summed E-state index contributed by atoms with van der Waals surface area (Å²) in [6.07, 6.45) is 1.51. The molecule has 0 bridgehead atoms. The summed E-state index contributed by atoms with van der Waals surface area (Å²) in [4.78, 5) is 0.0963. The molecule has 0 aliphatic carbocycles. The van der Waals surface area contributed by atoms with Gasteiger partial charge in [0, 0.05) is 19.2 Å². The number of rotatable bonds is 4. The quantitative estimate of drug-likeness (QED) is 0.843. The zero-order chi connectivity index (χ0) is 14.8. The summed E-state index contributed by atoms with van der Waals surface area (Å²) in [5, 5.41) is 12.6. The number of hydrogen-bond donors (Lipinski definition) is 2. The summed E-state index contributed by atoms with van der Waals surface area (Å²) in [5.74, 6) is 0.410. The van der Waals surface area contributed by atoms with Crippen molar-refractivity contribution in [2.75, 3.05) is 5.73 Å². The van der Waals surface area contributed by atoms with Crippen LogP contribution in [0.25, 0.3) is 0 Å². The summed E-state index contributed by atoms with van der Waals surface area (Å²) >= 11 is 0. The molecule has 104 valence electrons. The first-order valence-corrected chi connectivity index (χ1v) is 7.18. The average Bonchev–Trinajstić information content (AvgIpc) is 2.77. The van der Waals surface area contributed by atoms with Gasteiger partial charge in [0.25, 0.3) is 0 Å². The van der Waals surface area contributed by atoms with E-state index in [0.717, 1.165) is 0 Å². The minimum atomic E-state index is -3.64. The van der Waals surface area contributed by atoms with Crippen LogP contribution in [0.2, 0.25) is 0 Å². The van der Waals surface area contributed by atoms with Gasteiger partial charge in [-0.1, -0.05) is 0 Å². The first-order valence-electron chi connectivity index (χ1n) is 5.70. The molecule has 0 aliphatic heterocycles. The molecule has 8 heteroatoms. The highest BCUT2D eigenvalue weighted by molar-refractivity contribution is 7.89. The highest BCUT2D eigenvalue weighted by Crippen LogP contribution is 2.13. The molecular formula is C12H13N5O2S. The molecule has 20 heavy (non-hydrogen) atoms. The molecule has 7 nitrogen and oxygen atoms in total. The Bertz CT molecular complexity index is 756. The molecule has 2 rings (SSSR count). The number of benzene rings is 1. The first kappa shape index (κ1) is 14.0. The molecule has 0 amide bonds. The summed E-state index contributed by atoms with van der Waals surface area (Å²) in [6, 6.07) is 7.60. The fraction of sp³-hybridized carbons (Fsp3) is 0.167. The minimum Gasteiger partial charge on any atom is -0.384 e. The second-order valence-electron chi connectivity index (χ2n) is 4.14. The van der Waals surface area contributed by atoms with Gasteiger partial charge in [0.05, 0.1) is 22.7 Å². The lowest BCUT2D eigenvalue weighted by Crippen LogP contribution is -2.23. The molecule has 3 N–H and O–H groups in total. The van der Waals surface area contributed by atoms with E-state index >= 15 is 0 Å². The van der Waals surface area contributed by atoms with E-state index in [2.05, 4.69) is 9.82 Å². The highest BCUT2D eigenvalue weighted by Gasteiger charge is 2.15. The van der Waals surface area contributed by atoms with Crippen LogP contribution in [0.4, 0.5) is 5.82 Å². The molecule has 0 atom stereocenters. The average molecular weight is 291 g/mol. The zero-order valence-electron chi connectivity index (χ0n) is 10.7. The Labute approximate surface area is 116 Å². The number of hydrogen-bond acceptors (Lipinski definition) is 5. The monoisotopic (exact) mass is 291 g/mol. The van der Waals surface area contributed by atoms with Gasteiger partial charge in [-0.25, -0.2) is 13.1 Å². The lowest BCUT2D eigenvalue weighted by Gasteiger charge is -2.06. The minimum absolute atomic E-state index is 0.0575. The van der Waals surface area contributed by atoms with Crippen LogP contribution in [0.3, 0.4) is 0 Å². The molecular weight excluding hydrogens is 278 g/mol. The van der Waals surface area contributed by atoms with Crippen LogP contribution in [-0.4, -0.2) is 18.2 Å². The Balaban J connectivity index is 2.15.